The van der Waals surface area contributed by atoms with Gasteiger partial charge in [-0.25, -0.2) is 4.39 Å². The third-order valence-electron chi connectivity index (χ3n) is 3.02. The molecule has 0 unspecified atom stereocenters. The first-order valence-corrected chi connectivity index (χ1v) is 6.06. The Bertz CT molecular complexity index is 511. The van der Waals surface area contributed by atoms with E-state index in [1.54, 1.807) is 0 Å². The maximum absolute atomic E-state index is 13.1. The first kappa shape index (κ1) is 14.1. The minimum atomic E-state index is -4.83. The summed E-state index contributed by atoms with van der Waals surface area (Å²) in [5.74, 6) is -1.88. The van der Waals surface area contributed by atoms with Gasteiger partial charge >= 0.3 is 6.18 Å². The highest BCUT2D eigenvalue weighted by Crippen LogP contribution is 2.37. The van der Waals surface area contributed by atoms with Gasteiger partial charge in [-0.3, -0.25) is 4.79 Å². The fraction of sp³-hybridized carbons (Fsp3) is 0.417. The Kier molecular flexibility index (Phi) is 3.47. The van der Waals surface area contributed by atoms with E-state index in [1.165, 1.54) is 0 Å². The van der Waals surface area contributed by atoms with E-state index in [0.717, 1.165) is 6.07 Å². The molecular weight excluding hydrogens is 286 g/mol. The highest BCUT2D eigenvalue weighted by Gasteiger charge is 2.43. The van der Waals surface area contributed by atoms with Crippen molar-refractivity contribution >= 4 is 17.5 Å². The molecule has 0 heterocycles. The largest absolute Gasteiger partial charge is 0.419 e. The average molecular weight is 296 g/mol. The zero-order valence-corrected chi connectivity index (χ0v) is 10.4. The molecule has 1 aliphatic carbocycles. The van der Waals surface area contributed by atoms with E-state index in [2.05, 4.69) is 5.32 Å². The first-order valence-electron chi connectivity index (χ1n) is 5.53. The second-order valence-electron chi connectivity index (χ2n) is 4.56. The fourth-order valence-electron chi connectivity index (χ4n) is 1.64. The minimum Gasteiger partial charge on any atom is -0.345 e. The van der Waals surface area contributed by atoms with Crippen LogP contribution in [0.2, 0.25) is 0 Å². The number of amides is 1. The molecule has 104 valence electrons. The quantitative estimate of drug-likeness (QED) is 0.672. The summed E-state index contributed by atoms with van der Waals surface area (Å²) in [6.07, 6.45) is -3.45. The van der Waals surface area contributed by atoms with Crippen molar-refractivity contribution < 1.29 is 22.4 Å². The monoisotopic (exact) mass is 295 g/mol. The molecule has 1 N–H and O–H groups in total. The number of rotatable bonds is 3. The number of alkyl halides is 4. The summed E-state index contributed by atoms with van der Waals surface area (Å²) in [4.78, 5) is 11.8. The number of carbonyl (C=O) groups excluding carboxylic acids is 1. The molecule has 0 aliphatic heterocycles. The number of halogens is 5. The lowest BCUT2D eigenvalue weighted by Gasteiger charge is -2.15. The third-order valence-corrected chi connectivity index (χ3v) is 3.53. The predicted octanol–water partition coefficient (Wildman–Crippen LogP) is 3.35. The van der Waals surface area contributed by atoms with Crippen LogP contribution in [0.4, 0.5) is 17.6 Å². The van der Waals surface area contributed by atoms with E-state index < -0.39 is 29.0 Å². The van der Waals surface area contributed by atoms with Gasteiger partial charge in [-0.1, -0.05) is 0 Å². The molecule has 1 amide bonds. The van der Waals surface area contributed by atoms with Crippen LogP contribution in [0, 0.1) is 5.82 Å². The van der Waals surface area contributed by atoms with Crippen LogP contribution < -0.4 is 5.32 Å². The SMILES string of the molecule is O=C(NC1(CCl)CC1)c1ccc(F)c(C(F)(F)F)c1. The van der Waals surface area contributed by atoms with Gasteiger partial charge in [0.25, 0.3) is 5.91 Å². The highest BCUT2D eigenvalue weighted by molar-refractivity contribution is 6.19. The van der Waals surface area contributed by atoms with Crippen molar-refractivity contribution in [3.05, 3.63) is 35.1 Å². The highest BCUT2D eigenvalue weighted by atomic mass is 35.5. The van der Waals surface area contributed by atoms with Crippen molar-refractivity contribution in [1.82, 2.24) is 5.32 Å². The number of nitrogens with one attached hydrogen (secondary N) is 1. The van der Waals surface area contributed by atoms with Gasteiger partial charge in [-0.15, -0.1) is 11.6 Å². The Balaban J connectivity index is 2.24. The normalized spacial score (nSPS) is 17.1. The van der Waals surface area contributed by atoms with E-state index in [0.29, 0.717) is 25.0 Å². The molecule has 0 saturated heterocycles. The van der Waals surface area contributed by atoms with Crippen LogP contribution in [-0.4, -0.2) is 17.3 Å². The zero-order chi connectivity index (χ0) is 14.3. The lowest BCUT2D eigenvalue weighted by molar-refractivity contribution is -0.140. The summed E-state index contributed by atoms with van der Waals surface area (Å²) in [6, 6.07) is 2.16. The Labute approximate surface area is 111 Å². The van der Waals surface area contributed by atoms with Crippen molar-refractivity contribution in [2.24, 2.45) is 0 Å². The van der Waals surface area contributed by atoms with E-state index in [9.17, 15) is 22.4 Å². The average Bonchev–Trinajstić information content (AvgIpc) is 3.08. The molecule has 7 heteroatoms. The Hall–Kier alpha value is -1.30. The number of hydrogen-bond donors (Lipinski definition) is 1. The van der Waals surface area contributed by atoms with Crippen LogP contribution in [0.15, 0.2) is 18.2 Å². The summed E-state index contributed by atoms with van der Waals surface area (Å²) >= 11 is 5.66. The number of hydrogen-bond acceptors (Lipinski definition) is 1. The van der Waals surface area contributed by atoms with Crippen molar-refractivity contribution in [2.75, 3.05) is 5.88 Å². The molecule has 1 aromatic rings. The second kappa shape index (κ2) is 4.67. The molecule has 2 nitrogen and oxygen atoms in total. The van der Waals surface area contributed by atoms with Crippen molar-refractivity contribution in [3.63, 3.8) is 0 Å². The van der Waals surface area contributed by atoms with Crippen LogP contribution in [0.25, 0.3) is 0 Å². The summed E-state index contributed by atoms with van der Waals surface area (Å²) in [5, 5.41) is 2.57. The van der Waals surface area contributed by atoms with Gasteiger partial charge in [-0.2, -0.15) is 13.2 Å². The van der Waals surface area contributed by atoms with Gasteiger partial charge < -0.3 is 5.32 Å². The molecule has 0 aromatic heterocycles. The fourth-order valence-corrected chi connectivity index (χ4v) is 1.97. The predicted molar refractivity (Wildman–Crippen MR) is 61.6 cm³/mol. The van der Waals surface area contributed by atoms with Crippen molar-refractivity contribution in [3.8, 4) is 0 Å². The van der Waals surface area contributed by atoms with Gasteiger partial charge in [0.05, 0.1) is 11.1 Å². The molecule has 0 spiro atoms. The summed E-state index contributed by atoms with van der Waals surface area (Å²) in [5.41, 5.74) is -2.20. The summed E-state index contributed by atoms with van der Waals surface area (Å²) in [7, 11) is 0. The second-order valence-corrected chi connectivity index (χ2v) is 4.83. The van der Waals surface area contributed by atoms with Gasteiger partial charge in [0, 0.05) is 11.4 Å². The van der Waals surface area contributed by atoms with Crippen LogP contribution in [0.3, 0.4) is 0 Å². The molecule has 19 heavy (non-hydrogen) atoms. The zero-order valence-electron chi connectivity index (χ0n) is 9.65. The van der Waals surface area contributed by atoms with Crippen LogP contribution in [0.1, 0.15) is 28.8 Å². The third kappa shape index (κ3) is 3.00. The lowest BCUT2D eigenvalue weighted by Crippen LogP contribution is -2.38. The van der Waals surface area contributed by atoms with Crippen LogP contribution >= 0.6 is 11.6 Å². The standard InChI is InChI=1S/C12H10ClF4NO/c13-6-11(3-4-11)18-10(19)7-1-2-9(14)8(5-7)12(15,16)17/h1-2,5H,3-4,6H2,(H,18,19). The van der Waals surface area contributed by atoms with E-state index >= 15 is 0 Å². The molecule has 2 rings (SSSR count). The van der Waals surface area contributed by atoms with Crippen LogP contribution in [0.5, 0.6) is 0 Å². The molecule has 1 aliphatic rings. The number of carbonyl (C=O) groups is 1. The van der Waals surface area contributed by atoms with Gasteiger partial charge in [0.1, 0.15) is 5.82 Å². The van der Waals surface area contributed by atoms with E-state index in [-0.39, 0.29) is 11.4 Å². The maximum atomic E-state index is 13.1. The van der Waals surface area contributed by atoms with E-state index in [4.69, 9.17) is 11.6 Å². The molecule has 1 fully saturated rings. The first-order chi connectivity index (χ1) is 8.77. The summed E-state index contributed by atoms with van der Waals surface area (Å²) < 4.78 is 50.6. The Morgan fingerprint density at radius 1 is 1.37 bits per heavy atom. The van der Waals surface area contributed by atoms with Gasteiger partial charge in [-0.05, 0) is 31.0 Å². The van der Waals surface area contributed by atoms with Gasteiger partial charge in [0.2, 0.25) is 0 Å². The Morgan fingerprint density at radius 2 is 2.00 bits per heavy atom. The molecule has 0 bridgehead atoms. The topological polar surface area (TPSA) is 29.1 Å². The molecule has 0 radical (unpaired) electrons. The lowest BCUT2D eigenvalue weighted by atomic mass is 10.1. The molecule has 1 aromatic carbocycles. The smallest absolute Gasteiger partial charge is 0.345 e. The van der Waals surface area contributed by atoms with Crippen molar-refractivity contribution in [2.45, 2.75) is 24.6 Å². The molecule has 1 saturated carbocycles. The van der Waals surface area contributed by atoms with E-state index in [1.807, 2.05) is 0 Å². The summed E-state index contributed by atoms with van der Waals surface area (Å²) in [6.45, 7) is 0. The molecule has 0 atom stereocenters. The Morgan fingerprint density at radius 3 is 2.47 bits per heavy atom. The van der Waals surface area contributed by atoms with Crippen molar-refractivity contribution in [1.29, 1.82) is 0 Å². The van der Waals surface area contributed by atoms with Crippen LogP contribution in [-0.2, 0) is 6.18 Å². The minimum absolute atomic E-state index is 0.200. The molecular formula is C12H10ClF4NO. The van der Waals surface area contributed by atoms with Gasteiger partial charge in [0.15, 0.2) is 0 Å². The number of benzene rings is 1. The maximum Gasteiger partial charge on any atom is 0.419 e.